The van der Waals surface area contributed by atoms with E-state index in [9.17, 15) is 0 Å². The molecule has 3 aromatic rings. The number of benzene rings is 1. The summed E-state index contributed by atoms with van der Waals surface area (Å²) in [5.74, 6) is 0. The third kappa shape index (κ3) is 3.75. The van der Waals surface area contributed by atoms with Crippen LogP contribution in [0, 0.1) is 6.07 Å². The van der Waals surface area contributed by atoms with Gasteiger partial charge in [0.15, 0.2) is 0 Å². The molecule has 0 N–H and O–H groups in total. The van der Waals surface area contributed by atoms with Crippen molar-refractivity contribution in [1.29, 1.82) is 0 Å². The minimum Gasteiger partial charge on any atom is -0.295 e. The van der Waals surface area contributed by atoms with Gasteiger partial charge in [-0.2, -0.15) is 0 Å². The summed E-state index contributed by atoms with van der Waals surface area (Å²) in [5, 5.41) is 0. The predicted octanol–water partition coefficient (Wildman–Crippen LogP) is 4.30. The van der Waals surface area contributed by atoms with Gasteiger partial charge in [0, 0.05) is 6.20 Å². The molecule has 0 saturated carbocycles. The molecule has 2 aromatic heterocycles. The summed E-state index contributed by atoms with van der Waals surface area (Å²) in [6.45, 7) is 0. The first-order valence-electron chi connectivity index (χ1n) is 5.91. The van der Waals surface area contributed by atoms with Crippen molar-refractivity contribution in [2.24, 2.45) is 0 Å². The van der Waals surface area contributed by atoms with E-state index < -0.39 is 0 Å². The summed E-state index contributed by atoms with van der Waals surface area (Å²) in [4.78, 5) is 8.93. The first-order chi connectivity index (χ1) is 9.93. The van der Waals surface area contributed by atoms with Crippen molar-refractivity contribution in [3.05, 3.63) is 72.9 Å². The molecule has 0 atom stereocenters. The van der Waals surface area contributed by atoms with Gasteiger partial charge in [-0.05, 0) is 23.9 Å². The zero-order valence-corrected chi connectivity index (χ0v) is 13.5. The molecule has 2 heterocycles. The quantitative estimate of drug-likeness (QED) is 0.532. The van der Waals surface area contributed by atoms with Crippen LogP contribution in [-0.2, 0) is 18.8 Å². The van der Waals surface area contributed by atoms with E-state index in [1.54, 1.807) is 25.0 Å². The molecule has 3 rings (SSSR count). The van der Waals surface area contributed by atoms with Crippen molar-refractivity contribution >= 4 is 9.42 Å². The first kappa shape index (κ1) is 14.9. The summed E-state index contributed by atoms with van der Waals surface area (Å²) < 4.78 is 0. The van der Waals surface area contributed by atoms with Gasteiger partial charge in [0.25, 0.3) is 0 Å². The average Bonchev–Trinajstić information content (AvgIpc) is 2.58. The van der Waals surface area contributed by atoms with Crippen LogP contribution in [-0.4, -0.2) is 9.97 Å². The van der Waals surface area contributed by atoms with Crippen LogP contribution in [0.25, 0.3) is 22.6 Å². The molecule has 0 saturated heterocycles. The van der Waals surface area contributed by atoms with Gasteiger partial charge in [-0.1, -0.05) is 18.2 Å². The molecule has 0 unspecified atom stereocenters. The number of aromatic nitrogens is 2. The van der Waals surface area contributed by atoms with Gasteiger partial charge in [0.05, 0.1) is 11.4 Å². The van der Waals surface area contributed by atoms with Gasteiger partial charge in [0.1, 0.15) is 0 Å². The van der Waals surface area contributed by atoms with E-state index in [1.807, 2.05) is 60.7 Å². The predicted molar refractivity (Wildman–Crippen MR) is 77.6 cm³/mol. The Labute approximate surface area is 133 Å². The van der Waals surface area contributed by atoms with E-state index >= 15 is 0 Å². The molecule has 102 valence electrons. The molecule has 20 heavy (non-hydrogen) atoms. The van der Waals surface area contributed by atoms with E-state index in [2.05, 4.69) is 25.5 Å². The number of rotatable bonds is 2. The fourth-order valence-electron chi connectivity index (χ4n) is 1.79. The molecule has 2 nitrogen and oxygen atoms in total. The molecule has 0 radical (unpaired) electrons. The summed E-state index contributed by atoms with van der Waals surface area (Å²) in [7, 11) is 4.61. The summed E-state index contributed by atoms with van der Waals surface area (Å²) in [6, 6.07) is 22.8. The van der Waals surface area contributed by atoms with Crippen LogP contribution in [0.3, 0.4) is 0 Å². The Kier molecular flexibility index (Phi) is 5.91. The Balaban J connectivity index is 0.000000704. The van der Waals surface area contributed by atoms with Gasteiger partial charge in [-0.25, -0.2) is 0 Å². The van der Waals surface area contributed by atoms with Crippen LogP contribution in [0.4, 0.5) is 0 Å². The summed E-state index contributed by atoms with van der Waals surface area (Å²) in [6.07, 6.45) is 1.78. The molecule has 0 aliphatic carbocycles. The fraction of sp³-hybridized carbons (Fsp3) is 0. The second-order valence-electron chi connectivity index (χ2n) is 3.90. The minimum absolute atomic E-state index is 0.880. The van der Waals surface area contributed by atoms with E-state index in [4.69, 9.17) is 0 Å². The second-order valence-corrected chi connectivity index (χ2v) is 3.90. The van der Waals surface area contributed by atoms with Gasteiger partial charge >= 0.3 is 28.2 Å². The standard InChI is InChI=1S/C16H11N2.ClH.Pt/c1-2-7-13(8-3-1)14-10-6-11-16(18-14)15-9-4-5-12-17-15;;/h1-7,9-12H;1H;/q-1;;+2/p-1. The van der Waals surface area contributed by atoms with Crippen LogP contribution >= 0.6 is 9.42 Å². The van der Waals surface area contributed by atoms with Crippen LogP contribution in [0.5, 0.6) is 0 Å². The Bertz CT molecular complexity index is 590. The third-order valence-electron chi connectivity index (χ3n) is 2.66. The van der Waals surface area contributed by atoms with E-state index in [0.717, 1.165) is 22.6 Å². The van der Waals surface area contributed by atoms with Crippen molar-refractivity contribution in [2.45, 2.75) is 0 Å². The normalized spacial score (nSPS) is 9.55. The Morgan fingerprint density at radius 1 is 0.800 bits per heavy atom. The average molecular weight is 462 g/mol. The maximum atomic E-state index is 4.62. The molecular weight excluding hydrogens is 451 g/mol. The van der Waals surface area contributed by atoms with Gasteiger partial charge in [-0.15, -0.1) is 35.9 Å². The zero-order chi connectivity index (χ0) is 14.2. The number of hydrogen-bond donors (Lipinski definition) is 0. The van der Waals surface area contributed by atoms with E-state index in [0.29, 0.717) is 0 Å². The van der Waals surface area contributed by atoms with Crippen LogP contribution in [0.1, 0.15) is 0 Å². The fourth-order valence-corrected chi connectivity index (χ4v) is 1.79. The topological polar surface area (TPSA) is 25.8 Å². The zero-order valence-electron chi connectivity index (χ0n) is 10.4. The van der Waals surface area contributed by atoms with Crippen molar-refractivity contribution in [1.82, 2.24) is 9.97 Å². The van der Waals surface area contributed by atoms with Crippen LogP contribution in [0.15, 0.2) is 66.9 Å². The number of nitrogens with zero attached hydrogens (tertiary/aromatic N) is 2. The number of pyridine rings is 2. The summed E-state index contributed by atoms with van der Waals surface area (Å²) in [5.41, 5.74) is 3.68. The molecule has 0 amide bonds. The van der Waals surface area contributed by atoms with Crippen molar-refractivity contribution < 1.29 is 18.8 Å². The maximum Gasteiger partial charge on any atom is 0.0876 e. The largest absolute Gasteiger partial charge is 0.295 e. The third-order valence-corrected chi connectivity index (χ3v) is 2.66. The maximum absolute atomic E-state index is 4.62. The van der Waals surface area contributed by atoms with Crippen molar-refractivity contribution in [3.8, 4) is 22.6 Å². The van der Waals surface area contributed by atoms with Crippen LogP contribution < -0.4 is 0 Å². The molecule has 0 bridgehead atoms. The summed E-state index contributed by atoms with van der Waals surface area (Å²) >= 11 is 1.61. The van der Waals surface area contributed by atoms with Crippen LogP contribution in [0.2, 0.25) is 0 Å². The second kappa shape index (κ2) is 7.94. The SMILES string of the molecule is [Cl][Pt+].[c-]1ccccc1-c1cccc(-c2ccccn2)n1. The van der Waals surface area contributed by atoms with Gasteiger partial charge < -0.3 is 0 Å². The molecule has 0 aliphatic rings. The molecule has 4 heteroatoms. The molecule has 1 aromatic carbocycles. The smallest absolute Gasteiger partial charge is 0.0876 e. The first-order valence-corrected chi connectivity index (χ1v) is 8.72. The monoisotopic (exact) mass is 461 g/mol. The van der Waals surface area contributed by atoms with Crippen molar-refractivity contribution in [2.75, 3.05) is 0 Å². The minimum atomic E-state index is 0.880. The molecule has 0 fully saturated rings. The van der Waals surface area contributed by atoms with Gasteiger partial charge in [-0.3, -0.25) is 9.97 Å². The molecule has 0 spiro atoms. The number of halogens is 1. The Hall–Kier alpha value is -1.50. The Morgan fingerprint density at radius 2 is 1.55 bits per heavy atom. The van der Waals surface area contributed by atoms with E-state index in [1.165, 1.54) is 0 Å². The Morgan fingerprint density at radius 3 is 2.25 bits per heavy atom. The molecular formula is C16H11ClN2Pt. The molecule has 0 aliphatic heterocycles. The van der Waals surface area contributed by atoms with E-state index in [-0.39, 0.29) is 0 Å². The van der Waals surface area contributed by atoms with Gasteiger partial charge in [0.2, 0.25) is 0 Å². The number of hydrogen-bond acceptors (Lipinski definition) is 2. The van der Waals surface area contributed by atoms with Crippen molar-refractivity contribution in [3.63, 3.8) is 0 Å².